The van der Waals surface area contributed by atoms with E-state index in [1.807, 2.05) is 0 Å². The van der Waals surface area contributed by atoms with Crippen molar-refractivity contribution in [1.29, 1.82) is 0 Å². The van der Waals surface area contributed by atoms with Gasteiger partial charge in [-0.15, -0.1) is 0 Å². The minimum Gasteiger partial charge on any atom is -0.357 e. The van der Waals surface area contributed by atoms with Crippen LogP contribution >= 0.6 is 11.6 Å². The number of likely N-dealkylation sites (N-methyl/N-ethyl adjacent to an activating group) is 1. The summed E-state index contributed by atoms with van der Waals surface area (Å²) in [6.07, 6.45) is -4.87. The Morgan fingerprint density at radius 1 is 1.00 bits per heavy atom. The molecule has 0 spiro atoms. The van der Waals surface area contributed by atoms with Crippen LogP contribution in [0.15, 0.2) is 77.7 Å². The molecule has 2 amide bonds. The van der Waals surface area contributed by atoms with Crippen LogP contribution in [0.2, 0.25) is 5.02 Å². The fraction of sp³-hybridized carbons (Fsp3) is 0.259. The number of amides is 2. The predicted octanol–water partition coefficient (Wildman–Crippen LogP) is 5.03. The van der Waals surface area contributed by atoms with Gasteiger partial charge in [-0.25, -0.2) is 8.42 Å². The number of alkyl halides is 3. The first-order chi connectivity index (χ1) is 18.3. The zero-order chi connectivity index (χ0) is 29.0. The molecule has 0 unspecified atom stereocenters. The molecule has 3 rings (SSSR count). The maximum Gasteiger partial charge on any atom is 0.417 e. The van der Waals surface area contributed by atoms with E-state index in [1.165, 1.54) is 43.1 Å². The van der Waals surface area contributed by atoms with E-state index in [1.54, 1.807) is 37.3 Å². The second-order valence-corrected chi connectivity index (χ2v) is 11.1. The van der Waals surface area contributed by atoms with Crippen LogP contribution < -0.4 is 9.62 Å². The smallest absolute Gasteiger partial charge is 0.357 e. The summed E-state index contributed by atoms with van der Waals surface area (Å²) in [4.78, 5) is 27.1. The third-order valence-electron chi connectivity index (χ3n) is 6.04. The van der Waals surface area contributed by atoms with Gasteiger partial charge in [0.1, 0.15) is 12.6 Å². The molecule has 12 heteroatoms. The van der Waals surface area contributed by atoms with Crippen molar-refractivity contribution in [2.45, 2.75) is 37.5 Å². The highest BCUT2D eigenvalue weighted by atomic mass is 35.5. The summed E-state index contributed by atoms with van der Waals surface area (Å²) in [5.41, 5.74) is -0.234. The predicted molar refractivity (Wildman–Crippen MR) is 143 cm³/mol. The van der Waals surface area contributed by atoms with Crippen molar-refractivity contribution in [2.75, 3.05) is 17.9 Å². The van der Waals surface area contributed by atoms with Gasteiger partial charge in [0.15, 0.2) is 0 Å². The average molecular weight is 582 g/mol. The summed E-state index contributed by atoms with van der Waals surface area (Å²) in [5, 5.41) is 1.84. The molecule has 1 N–H and O–H groups in total. The van der Waals surface area contributed by atoms with Gasteiger partial charge in [0.05, 0.1) is 21.2 Å². The molecule has 0 fully saturated rings. The normalized spacial score (nSPS) is 12.5. The maximum absolute atomic E-state index is 13.7. The average Bonchev–Trinajstić information content (AvgIpc) is 2.90. The molecule has 0 saturated heterocycles. The van der Waals surface area contributed by atoms with Gasteiger partial charge in [-0.3, -0.25) is 13.9 Å². The highest BCUT2D eigenvalue weighted by Crippen LogP contribution is 2.38. The highest BCUT2D eigenvalue weighted by molar-refractivity contribution is 7.92. The molecule has 0 bridgehead atoms. The number of rotatable bonds is 9. The molecule has 39 heavy (non-hydrogen) atoms. The van der Waals surface area contributed by atoms with Crippen LogP contribution in [0.4, 0.5) is 18.9 Å². The van der Waals surface area contributed by atoms with Gasteiger partial charge in [0.25, 0.3) is 10.0 Å². The second kappa shape index (κ2) is 12.1. The van der Waals surface area contributed by atoms with Crippen LogP contribution in [0, 0.1) is 6.92 Å². The van der Waals surface area contributed by atoms with E-state index in [0.717, 1.165) is 17.7 Å². The number of aryl methyl sites for hydroxylation is 1. The van der Waals surface area contributed by atoms with Crippen LogP contribution in [0.1, 0.15) is 23.6 Å². The minimum absolute atomic E-state index is 0.0406. The molecule has 0 aliphatic rings. The quantitative estimate of drug-likeness (QED) is 0.384. The van der Waals surface area contributed by atoms with E-state index < -0.39 is 56.9 Å². The van der Waals surface area contributed by atoms with E-state index in [0.29, 0.717) is 15.9 Å². The summed E-state index contributed by atoms with van der Waals surface area (Å²) >= 11 is 5.77. The fourth-order valence-electron chi connectivity index (χ4n) is 3.82. The number of halogens is 4. The molecule has 7 nitrogen and oxygen atoms in total. The van der Waals surface area contributed by atoms with Crippen molar-refractivity contribution in [3.63, 3.8) is 0 Å². The Labute approximate surface area is 230 Å². The Bertz CT molecular complexity index is 1430. The second-order valence-electron chi connectivity index (χ2n) is 8.78. The first kappa shape index (κ1) is 30.0. The number of nitrogens with one attached hydrogen (secondary N) is 1. The molecule has 0 radical (unpaired) electrons. The standard InChI is InChI=1S/C27H27ClF3N3O4S/c1-18-9-12-22(13-10-18)39(37,38)34(21-11-14-24(28)23(15-21)27(29,30)31)17-25(35)33(19(2)26(36)32-3)16-20-7-5-4-6-8-20/h4-15,19H,16-17H2,1-3H3,(H,32,36)/t19-/m0/s1. The molecule has 3 aromatic rings. The summed E-state index contributed by atoms with van der Waals surface area (Å²) in [7, 11) is -3.13. The summed E-state index contributed by atoms with van der Waals surface area (Å²) in [6.45, 7) is 2.31. The van der Waals surface area contributed by atoms with Crippen LogP contribution in [-0.4, -0.2) is 44.8 Å². The largest absolute Gasteiger partial charge is 0.417 e. The topological polar surface area (TPSA) is 86.8 Å². The molecule has 0 aliphatic carbocycles. The number of hydrogen-bond acceptors (Lipinski definition) is 4. The Hall–Kier alpha value is -3.57. The van der Waals surface area contributed by atoms with Crippen molar-refractivity contribution < 1.29 is 31.2 Å². The Morgan fingerprint density at radius 2 is 1.62 bits per heavy atom. The molecular formula is C27H27ClF3N3O4S. The number of nitrogens with zero attached hydrogens (tertiary/aromatic N) is 2. The van der Waals surface area contributed by atoms with Crippen LogP contribution in [-0.2, 0) is 32.3 Å². The third-order valence-corrected chi connectivity index (χ3v) is 8.16. The van der Waals surface area contributed by atoms with Gasteiger partial charge < -0.3 is 10.2 Å². The van der Waals surface area contributed by atoms with E-state index in [4.69, 9.17) is 11.6 Å². The van der Waals surface area contributed by atoms with Crippen molar-refractivity contribution in [3.8, 4) is 0 Å². The van der Waals surface area contributed by atoms with Gasteiger partial charge in [-0.05, 0) is 49.7 Å². The zero-order valence-corrected chi connectivity index (χ0v) is 22.9. The lowest BCUT2D eigenvalue weighted by Crippen LogP contribution is -2.50. The molecular weight excluding hydrogens is 555 g/mol. The number of hydrogen-bond donors (Lipinski definition) is 1. The van der Waals surface area contributed by atoms with E-state index >= 15 is 0 Å². The molecule has 0 aromatic heterocycles. The fourth-order valence-corrected chi connectivity index (χ4v) is 5.45. The lowest BCUT2D eigenvalue weighted by atomic mass is 10.1. The Kier molecular flexibility index (Phi) is 9.29. The Balaban J connectivity index is 2.12. The van der Waals surface area contributed by atoms with E-state index in [-0.39, 0.29) is 11.4 Å². The summed E-state index contributed by atoms with van der Waals surface area (Å²) < 4.78 is 69.0. The molecule has 0 aliphatic heterocycles. The van der Waals surface area contributed by atoms with Crippen molar-refractivity contribution in [2.24, 2.45) is 0 Å². The Morgan fingerprint density at radius 3 is 2.18 bits per heavy atom. The highest BCUT2D eigenvalue weighted by Gasteiger charge is 2.36. The van der Waals surface area contributed by atoms with E-state index in [9.17, 15) is 31.2 Å². The SMILES string of the molecule is CNC(=O)[C@H](C)N(Cc1ccccc1)C(=O)CN(c1ccc(Cl)c(C(F)(F)F)c1)S(=O)(=O)c1ccc(C)cc1. The molecule has 0 saturated carbocycles. The van der Waals surface area contributed by atoms with Crippen molar-refractivity contribution >= 4 is 39.1 Å². The molecule has 1 atom stereocenters. The summed E-state index contributed by atoms with van der Waals surface area (Å²) in [5.74, 6) is -1.30. The number of carbonyl (C=O) groups is 2. The number of carbonyl (C=O) groups excluding carboxylic acids is 2. The van der Waals surface area contributed by atoms with Crippen LogP contribution in [0.5, 0.6) is 0 Å². The first-order valence-corrected chi connectivity index (χ1v) is 13.6. The summed E-state index contributed by atoms with van der Waals surface area (Å²) in [6, 6.07) is 16.0. The first-order valence-electron chi connectivity index (χ1n) is 11.8. The van der Waals surface area contributed by atoms with E-state index in [2.05, 4.69) is 5.32 Å². The van der Waals surface area contributed by atoms with Crippen molar-refractivity contribution in [1.82, 2.24) is 10.2 Å². The van der Waals surface area contributed by atoms with Gasteiger partial charge in [-0.1, -0.05) is 59.6 Å². The molecule has 3 aromatic carbocycles. The molecule has 0 heterocycles. The lowest BCUT2D eigenvalue weighted by Gasteiger charge is -2.32. The maximum atomic E-state index is 13.7. The van der Waals surface area contributed by atoms with Gasteiger partial charge >= 0.3 is 6.18 Å². The van der Waals surface area contributed by atoms with Crippen LogP contribution in [0.25, 0.3) is 0 Å². The van der Waals surface area contributed by atoms with Gasteiger partial charge in [0, 0.05) is 13.6 Å². The molecule has 208 valence electrons. The number of sulfonamides is 1. The monoisotopic (exact) mass is 581 g/mol. The van der Waals surface area contributed by atoms with Gasteiger partial charge in [0.2, 0.25) is 11.8 Å². The van der Waals surface area contributed by atoms with Crippen molar-refractivity contribution in [3.05, 3.63) is 94.5 Å². The van der Waals surface area contributed by atoms with Crippen LogP contribution in [0.3, 0.4) is 0 Å². The minimum atomic E-state index is -4.87. The lowest BCUT2D eigenvalue weighted by molar-refractivity contribution is -0.139. The number of benzene rings is 3. The number of anilines is 1. The zero-order valence-electron chi connectivity index (χ0n) is 21.4. The third kappa shape index (κ3) is 7.10. The van der Waals surface area contributed by atoms with Gasteiger partial charge in [-0.2, -0.15) is 13.2 Å².